The van der Waals surface area contributed by atoms with Gasteiger partial charge in [0.25, 0.3) is 0 Å². The van der Waals surface area contributed by atoms with E-state index in [0.29, 0.717) is 5.69 Å². The molecule has 0 radical (unpaired) electrons. The molecule has 0 spiro atoms. The second-order valence-corrected chi connectivity index (χ2v) is 4.54. The summed E-state index contributed by atoms with van der Waals surface area (Å²) in [5, 5.41) is 9.00. The zero-order valence-electron chi connectivity index (χ0n) is 12.2. The Labute approximate surface area is 129 Å². The maximum atomic E-state index is 10.2. The molecule has 1 aromatic carbocycles. The van der Waals surface area contributed by atoms with E-state index < -0.39 is 17.1 Å². The second kappa shape index (κ2) is 7.18. The van der Waals surface area contributed by atoms with E-state index in [-0.39, 0.29) is 6.61 Å². The van der Waals surface area contributed by atoms with E-state index in [9.17, 15) is 14.4 Å². The number of H-pyrrole nitrogens is 4. The third-order valence-corrected chi connectivity index (χ3v) is 2.86. The fourth-order valence-corrected chi connectivity index (χ4v) is 1.79. The molecule has 120 valence electrons. The number of rotatable bonds is 2. The number of hydrogen-bond acceptors (Lipinski definition) is 5. The molecule has 0 aliphatic carbocycles. The summed E-state index contributed by atoms with van der Waals surface area (Å²) in [5.74, 6) is 0.812. The van der Waals surface area contributed by atoms with Gasteiger partial charge in [0.2, 0.25) is 0 Å². The van der Waals surface area contributed by atoms with Gasteiger partial charge in [-0.1, -0.05) is 30.3 Å². The van der Waals surface area contributed by atoms with Crippen molar-refractivity contribution in [2.75, 3.05) is 0 Å². The summed E-state index contributed by atoms with van der Waals surface area (Å²) in [6, 6.07) is 9.86. The van der Waals surface area contributed by atoms with Crippen LogP contribution in [0.25, 0.3) is 11.4 Å². The van der Waals surface area contributed by atoms with Crippen LogP contribution in [0.5, 0.6) is 0 Å². The summed E-state index contributed by atoms with van der Waals surface area (Å²) in [7, 11) is 0. The Balaban J connectivity index is 0.000000185. The van der Waals surface area contributed by atoms with Crippen LogP contribution < -0.4 is 17.1 Å². The first-order valence-corrected chi connectivity index (χ1v) is 6.64. The predicted molar refractivity (Wildman–Crippen MR) is 83.0 cm³/mol. The Morgan fingerprint density at radius 2 is 1.43 bits per heavy atom. The number of hydrogen-bond donors (Lipinski definition) is 5. The van der Waals surface area contributed by atoms with Gasteiger partial charge in [-0.25, -0.2) is 19.4 Å². The van der Waals surface area contributed by atoms with Crippen LogP contribution in [-0.4, -0.2) is 30.0 Å². The van der Waals surface area contributed by atoms with Crippen LogP contribution in [-0.2, 0) is 6.61 Å². The lowest BCUT2D eigenvalue weighted by atomic mass is 10.2. The van der Waals surface area contributed by atoms with Crippen molar-refractivity contribution in [3.05, 3.63) is 73.2 Å². The Kier molecular flexibility index (Phi) is 5.05. The van der Waals surface area contributed by atoms with Crippen molar-refractivity contribution in [1.82, 2.24) is 24.9 Å². The Morgan fingerprint density at radius 3 is 1.87 bits per heavy atom. The third kappa shape index (κ3) is 4.38. The molecule has 2 heterocycles. The van der Waals surface area contributed by atoms with E-state index >= 15 is 0 Å². The summed E-state index contributed by atoms with van der Waals surface area (Å²) in [6.07, 6.45) is 0. The molecule has 0 aliphatic heterocycles. The summed E-state index contributed by atoms with van der Waals surface area (Å²) in [6.45, 7) is 1.89. The van der Waals surface area contributed by atoms with Gasteiger partial charge < -0.3 is 10.1 Å². The summed E-state index contributed by atoms with van der Waals surface area (Å²) in [5.41, 5.74) is 0.266. The van der Waals surface area contributed by atoms with E-state index in [1.165, 1.54) is 0 Å². The number of aryl methyl sites for hydroxylation is 1. The number of aromatic amines is 4. The van der Waals surface area contributed by atoms with Crippen molar-refractivity contribution in [1.29, 1.82) is 0 Å². The molecule has 9 nitrogen and oxygen atoms in total. The van der Waals surface area contributed by atoms with Crippen molar-refractivity contribution in [2.24, 2.45) is 0 Å². The van der Waals surface area contributed by atoms with E-state index in [4.69, 9.17) is 5.11 Å². The van der Waals surface area contributed by atoms with E-state index in [2.05, 4.69) is 9.97 Å². The number of nitrogens with zero attached hydrogens (tertiary/aromatic N) is 1. The largest absolute Gasteiger partial charge is 0.390 e. The zero-order chi connectivity index (χ0) is 16.8. The number of aromatic nitrogens is 5. The van der Waals surface area contributed by atoms with Gasteiger partial charge in [0.1, 0.15) is 5.82 Å². The number of imidazole rings is 1. The average molecular weight is 317 g/mol. The van der Waals surface area contributed by atoms with Gasteiger partial charge >= 0.3 is 17.1 Å². The van der Waals surface area contributed by atoms with Crippen LogP contribution in [0.3, 0.4) is 0 Å². The van der Waals surface area contributed by atoms with Crippen molar-refractivity contribution in [2.45, 2.75) is 13.5 Å². The fraction of sp³-hybridized carbons (Fsp3) is 0.143. The minimum Gasteiger partial charge on any atom is -0.390 e. The number of benzene rings is 1. The van der Waals surface area contributed by atoms with Crippen LogP contribution in [0.4, 0.5) is 0 Å². The predicted octanol–water partition coefficient (Wildman–Crippen LogP) is -0.371. The SMILES string of the molecule is Cc1[nH]c(-c2ccccc2)nc1CO.O=c1[nH]c(=O)[nH]c(=O)[nH]1. The Bertz CT molecular complexity index is 857. The van der Waals surface area contributed by atoms with Crippen molar-refractivity contribution < 1.29 is 5.11 Å². The van der Waals surface area contributed by atoms with Gasteiger partial charge in [-0.05, 0) is 6.92 Å². The minimum absolute atomic E-state index is 0.0187. The molecule has 0 saturated carbocycles. The van der Waals surface area contributed by atoms with E-state index in [0.717, 1.165) is 17.1 Å². The summed E-state index contributed by atoms with van der Waals surface area (Å²) < 4.78 is 0. The van der Waals surface area contributed by atoms with Crippen LogP contribution in [0.15, 0.2) is 44.7 Å². The number of aliphatic hydroxyl groups is 1. The molecule has 5 N–H and O–H groups in total. The first-order chi connectivity index (χ1) is 11.0. The third-order valence-electron chi connectivity index (χ3n) is 2.86. The van der Waals surface area contributed by atoms with Gasteiger partial charge in [-0.15, -0.1) is 0 Å². The molecule has 0 saturated heterocycles. The lowest BCUT2D eigenvalue weighted by Gasteiger charge is -1.93. The highest BCUT2D eigenvalue weighted by Gasteiger charge is 2.06. The van der Waals surface area contributed by atoms with Crippen molar-refractivity contribution >= 4 is 0 Å². The smallest absolute Gasteiger partial charge is 0.330 e. The van der Waals surface area contributed by atoms with Crippen molar-refractivity contribution in [3.63, 3.8) is 0 Å². The van der Waals surface area contributed by atoms with E-state index in [1.54, 1.807) is 15.0 Å². The molecule has 9 heteroatoms. The first-order valence-electron chi connectivity index (χ1n) is 6.64. The number of nitrogens with one attached hydrogen (secondary N) is 4. The molecule has 0 aliphatic rings. The molecular formula is C14H15N5O4. The topological polar surface area (TPSA) is 147 Å². The maximum absolute atomic E-state index is 10.2. The Morgan fingerprint density at radius 1 is 0.913 bits per heavy atom. The van der Waals surface area contributed by atoms with Crippen LogP contribution in [0.2, 0.25) is 0 Å². The van der Waals surface area contributed by atoms with Crippen LogP contribution in [0.1, 0.15) is 11.4 Å². The summed E-state index contributed by atoms with van der Waals surface area (Å²) >= 11 is 0. The zero-order valence-corrected chi connectivity index (χ0v) is 12.2. The first kappa shape index (κ1) is 16.2. The van der Waals surface area contributed by atoms with Crippen LogP contribution in [0, 0.1) is 6.92 Å². The molecule has 0 bridgehead atoms. The lowest BCUT2D eigenvalue weighted by Crippen LogP contribution is -2.34. The highest BCUT2D eigenvalue weighted by atomic mass is 16.3. The number of aliphatic hydroxyl groups excluding tert-OH is 1. The quantitative estimate of drug-likeness (QED) is 0.437. The molecule has 0 atom stereocenters. The molecule has 0 unspecified atom stereocenters. The lowest BCUT2D eigenvalue weighted by molar-refractivity contribution is 0.276. The van der Waals surface area contributed by atoms with Gasteiger partial charge in [-0.3, -0.25) is 15.0 Å². The molecule has 3 aromatic rings. The Hall–Kier alpha value is -3.20. The maximum Gasteiger partial charge on any atom is 0.330 e. The van der Waals surface area contributed by atoms with Gasteiger partial charge in [0.05, 0.1) is 12.3 Å². The molecular weight excluding hydrogens is 302 g/mol. The normalized spacial score (nSPS) is 10.0. The highest BCUT2D eigenvalue weighted by Crippen LogP contribution is 2.17. The highest BCUT2D eigenvalue weighted by molar-refractivity contribution is 5.55. The second-order valence-electron chi connectivity index (χ2n) is 4.54. The molecule has 3 rings (SSSR count). The van der Waals surface area contributed by atoms with Crippen molar-refractivity contribution in [3.8, 4) is 11.4 Å². The molecule has 23 heavy (non-hydrogen) atoms. The van der Waals surface area contributed by atoms with Crippen LogP contribution >= 0.6 is 0 Å². The van der Waals surface area contributed by atoms with Gasteiger partial charge in [0.15, 0.2) is 0 Å². The van der Waals surface area contributed by atoms with Gasteiger partial charge in [-0.2, -0.15) is 0 Å². The average Bonchev–Trinajstić information content (AvgIpc) is 2.88. The standard InChI is InChI=1S/C11H12N2O.C3H3N3O3/c1-8-10(7-14)13-11(12-8)9-5-3-2-4-6-9;7-1-4-2(8)6-3(9)5-1/h2-6,14H,7H2,1H3,(H,12,13);(H3,4,5,6,7,8,9). The fourth-order valence-electron chi connectivity index (χ4n) is 1.79. The molecule has 0 amide bonds. The van der Waals surface area contributed by atoms with E-state index in [1.807, 2.05) is 37.3 Å². The molecule has 2 aromatic heterocycles. The van der Waals surface area contributed by atoms with Gasteiger partial charge in [0, 0.05) is 11.3 Å². The summed E-state index contributed by atoms with van der Waals surface area (Å²) in [4.78, 5) is 43.3. The molecule has 0 fully saturated rings. The monoisotopic (exact) mass is 317 g/mol. The minimum atomic E-state index is -0.802.